The Kier molecular flexibility index (Phi) is 7.64. The fraction of sp³-hybridized carbons (Fsp3) is 0.217. The minimum atomic E-state index is -4.51. The third kappa shape index (κ3) is 5.56. The maximum atomic E-state index is 14.8. The Hall–Kier alpha value is -2.56. The lowest BCUT2D eigenvalue weighted by molar-refractivity contribution is 0.569. The van der Waals surface area contributed by atoms with E-state index in [1.165, 1.54) is 44.2 Å². The van der Waals surface area contributed by atoms with Gasteiger partial charge in [-0.15, -0.1) is 0 Å². The highest BCUT2D eigenvalue weighted by molar-refractivity contribution is 7.92. The molecule has 1 atom stereocenters. The smallest absolute Gasteiger partial charge is 0.256 e. The lowest BCUT2D eigenvalue weighted by Crippen LogP contribution is -2.35. The van der Waals surface area contributed by atoms with Gasteiger partial charge in [-0.3, -0.25) is 4.31 Å². The Labute approximate surface area is 201 Å². The molecular formula is C23H21ClF3NO4S2. The summed E-state index contributed by atoms with van der Waals surface area (Å²) >= 11 is 5.86. The molecule has 0 aliphatic carbocycles. The van der Waals surface area contributed by atoms with Crippen molar-refractivity contribution in [3.63, 3.8) is 0 Å². The average Bonchev–Trinajstić information content (AvgIpc) is 2.76. The highest BCUT2D eigenvalue weighted by Gasteiger charge is 2.34. The molecule has 0 aliphatic heterocycles. The molecule has 0 saturated heterocycles. The summed E-state index contributed by atoms with van der Waals surface area (Å²) in [5.74, 6) is -3.39. The van der Waals surface area contributed by atoms with Crippen LogP contribution in [-0.4, -0.2) is 22.6 Å². The summed E-state index contributed by atoms with van der Waals surface area (Å²) in [6.07, 6.45) is 0. The van der Waals surface area contributed by atoms with Gasteiger partial charge in [0.2, 0.25) is 0 Å². The number of nitrogens with zero attached hydrogens (tertiary/aromatic N) is 1. The molecule has 34 heavy (non-hydrogen) atoms. The van der Waals surface area contributed by atoms with Crippen molar-refractivity contribution in [1.29, 1.82) is 0 Å². The summed E-state index contributed by atoms with van der Waals surface area (Å²) < 4.78 is 95.4. The second-order valence-electron chi connectivity index (χ2n) is 7.55. The molecule has 0 amide bonds. The predicted octanol–water partition coefficient (Wildman–Crippen LogP) is 5.65. The lowest BCUT2D eigenvalue weighted by Gasteiger charge is -2.32. The quantitative estimate of drug-likeness (QED) is 0.377. The molecule has 3 aromatic rings. The van der Waals surface area contributed by atoms with Crippen LogP contribution in [0.15, 0.2) is 65.6 Å². The number of benzene rings is 3. The first-order chi connectivity index (χ1) is 15.9. The van der Waals surface area contributed by atoms with Crippen molar-refractivity contribution in [3.05, 3.63) is 94.3 Å². The zero-order valence-corrected chi connectivity index (χ0v) is 20.6. The summed E-state index contributed by atoms with van der Waals surface area (Å²) in [4.78, 5) is -0.253. The van der Waals surface area contributed by atoms with Crippen LogP contribution >= 0.6 is 11.6 Å². The largest absolute Gasteiger partial charge is 0.264 e. The van der Waals surface area contributed by atoms with Gasteiger partial charge >= 0.3 is 0 Å². The highest BCUT2D eigenvalue weighted by Crippen LogP contribution is 2.37. The Morgan fingerprint density at radius 1 is 0.882 bits per heavy atom. The van der Waals surface area contributed by atoms with Crippen molar-refractivity contribution in [3.8, 4) is 0 Å². The Morgan fingerprint density at radius 3 is 2.09 bits per heavy atom. The maximum absolute atomic E-state index is 14.8. The van der Waals surface area contributed by atoms with E-state index >= 15 is 0 Å². The number of hydrogen-bond donors (Lipinski definition) is 0. The van der Waals surface area contributed by atoms with Crippen LogP contribution in [0, 0.1) is 17.5 Å². The van der Waals surface area contributed by atoms with Gasteiger partial charge in [-0.2, -0.15) is 0 Å². The normalized spacial score (nSPS) is 13.0. The molecule has 11 heteroatoms. The van der Waals surface area contributed by atoms with Crippen molar-refractivity contribution < 1.29 is 30.0 Å². The molecule has 182 valence electrons. The van der Waals surface area contributed by atoms with Gasteiger partial charge in [-0.25, -0.2) is 30.0 Å². The van der Waals surface area contributed by atoms with Crippen LogP contribution in [0.25, 0.3) is 0 Å². The van der Waals surface area contributed by atoms with Gasteiger partial charge in [0.15, 0.2) is 9.84 Å². The molecule has 0 aliphatic rings. The summed E-state index contributed by atoms with van der Waals surface area (Å²) in [6.45, 7) is 2.81. The molecule has 0 heterocycles. The van der Waals surface area contributed by atoms with E-state index in [4.69, 9.17) is 11.6 Å². The number of rotatable bonds is 8. The molecule has 0 radical (unpaired) electrons. The topological polar surface area (TPSA) is 71.5 Å². The van der Waals surface area contributed by atoms with Gasteiger partial charge in [0, 0.05) is 16.8 Å². The Balaban J connectivity index is 2.26. The summed E-state index contributed by atoms with van der Waals surface area (Å²) in [7, 11) is -8.14. The molecule has 0 N–H and O–H groups in total. The van der Waals surface area contributed by atoms with Gasteiger partial charge in [-0.1, -0.05) is 24.6 Å². The fourth-order valence-electron chi connectivity index (χ4n) is 3.49. The zero-order chi connectivity index (χ0) is 25.3. The van der Waals surface area contributed by atoms with Crippen LogP contribution < -0.4 is 4.31 Å². The molecule has 3 rings (SSSR count). The third-order valence-corrected chi connectivity index (χ3v) is 9.02. The average molecular weight is 532 g/mol. The summed E-state index contributed by atoms with van der Waals surface area (Å²) in [5.41, 5.74) is -0.446. The number of halogens is 4. The second kappa shape index (κ2) is 9.97. The van der Waals surface area contributed by atoms with Crippen molar-refractivity contribution in [2.24, 2.45) is 0 Å². The van der Waals surface area contributed by atoms with Crippen LogP contribution in [0.4, 0.5) is 18.9 Å². The van der Waals surface area contributed by atoms with Gasteiger partial charge in [0.05, 0.1) is 22.4 Å². The third-order valence-electron chi connectivity index (χ3n) is 5.24. The van der Waals surface area contributed by atoms with Crippen LogP contribution in [0.5, 0.6) is 0 Å². The molecule has 3 aromatic carbocycles. The van der Waals surface area contributed by atoms with Crippen LogP contribution in [0.1, 0.15) is 31.0 Å². The maximum Gasteiger partial charge on any atom is 0.264 e. The van der Waals surface area contributed by atoms with E-state index in [9.17, 15) is 30.0 Å². The predicted molar refractivity (Wildman–Crippen MR) is 125 cm³/mol. The molecule has 0 unspecified atom stereocenters. The molecule has 0 fully saturated rings. The monoisotopic (exact) mass is 531 g/mol. The number of hydrogen-bond acceptors (Lipinski definition) is 4. The molecule has 0 saturated carbocycles. The first-order valence-corrected chi connectivity index (χ1v) is 13.7. The van der Waals surface area contributed by atoms with E-state index in [2.05, 4.69) is 0 Å². The number of anilines is 1. The van der Waals surface area contributed by atoms with Gasteiger partial charge in [-0.05, 0) is 66.6 Å². The number of sulfone groups is 1. The Morgan fingerprint density at radius 2 is 1.47 bits per heavy atom. The van der Waals surface area contributed by atoms with Crippen molar-refractivity contribution >= 4 is 37.1 Å². The van der Waals surface area contributed by atoms with Crippen LogP contribution in [-0.2, 0) is 25.6 Å². The summed E-state index contributed by atoms with van der Waals surface area (Å²) in [6, 6.07) is 9.47. The van der Waals surface area contributed by atoms with Gasteiger partial charge < -0.3 is 0 Å². The number of sulfonamides is 1. The van der Waals surface area contributed by atoms with E-state index < -0.39 is 54.8 Å². The second-order valence-corrected chi connectivity index (χ2v) is 12.2. The van der Waals surface area contributed by atoms with Crippen molar-refractivity contribution in [2.75, 3.05) is 10.1 Å². The molecule has 0 bridgehead atoms. The molecule has 0 aromatic heterocycles. The lowest BCUT2D eigenvalue weighted by atomic mass is 10.0. The van der Waals surface area contributed by atoms with E-state index in [1.54, 1.807) is 0 Å². The van der Waals surface area contributed by atoms with Crippen LogP contribution in [0.2, 0.25) is 5.02 Å². The van der Waals surface area contributed by atoms with E-state index in [0.717, 1.165) is 30.3 Å². The first-order valence-electron chi connectivity index (χ1n) is 10.1. The molecule has 5 nitrogen and oxygen atoms in total. The van der Waals surface area contributed by atoms with Crippen LogP contribution in [0.3, 0.4) is 0 Å². The highest BCUT2D eigenvalue weighted by atomic mass is 35.5. The standard InChI is InChI=1S/C23H21ClF3NO4S2/c1-3-33(29,30)14-16-12-18(25)6-10-21(16)15(2)28(23-13-19(26)7-11-22(23)27)34(31,32)20-8-4-17(24)5-9-20/h4-13,15H,3,14H2,1-2H3/t15-/m1/s1. The SMILES string of the molecule is CCS(=O)(=O)Cc1cc(F)ccc1[C@@H](C)N(c1cc(F)ccc1F)S(=O)(=O)c1ccc(Cl)cc1. The zero-order valence-electron chi connectivity index (χ0n) is 18.2. The Bertz CT molecular complexity index is 1410. The van der Waals surface area contributed by atoms with E-state index in [1.807, 2.05) is 0 Å². The van der Waals surface area contributed by atoms with E-state index in [0.29, 0.717) is 4.31 Å². The minimum absolute atomic E-state index is 0.0162. The van der Waals surface area contributed by atoms with E-state index in [-0.39, 0.29) is 26.8 Å². The first kappa shape index (κ1) is 26.1. The van der Waals surface area contributed by atoms with Gasteiger partial charge in [0.1, 0.15) is 17.5 Å². The van der Waals surface area contributed by atoms with Crippen molar-refractivity contribution in [2.45, 2.75) is 30.5 Å². The molecular weight excluding hydrogens is 511 g/mol. The summed E-state index contributed by atoms with van der Waals surface area (Å²) in [5, 5.41) is 0.265. The van der Waals surface area contributed by atoms with Gasteiger partial charge in [0.25, 0.3) is 10.0 Å². The fourth-order valence-corrected chi connectivity index (χ4v) is 6.18. The molecule has 0 spiro atoms. The van der Waals surface area contributed by atoms with Crippen molar-refractivity contribution in [1.82, 2.24) is 0 Å². The minimum Gasteiger partial charge on any atom is -0.256 e.